The fourth-order valence-electron chi connectivity index (χ4n) is 4.08. The Hall–Kier alpha value is -3.26. The molecule has 0 bridgehead atoms. The molecular weight excluding hydrogens is 438 g/mol. The molecule has 1 unspecified atom stereocenters. The zero-order valence-electron chi connectivity index (χ0n) is 20.1. The SMILES string of the molecule is COC(=O)N(CCCN)C(c1nc(-c2cc(F)ccc2F)cn1Cc1ccccc1)C(C)(C)C. The van der Waals surface area contributed by atoms with Gasteiger partial charge in [0.25, 0.3) is 0 Å². The molecule has 1 aromatic heterocycles. The Labute approximate surface area is 199 Å². The third-order valence-electron chi connectivity index (χ3n) is 5.60. The fraction of sp³-hybridized carbons (Fsp3) is 0.385. The van der Waals surface area contributed by atoms with Crippen LogP contribution in [-0.2, 0) is 11.3 Å². The van der Waals surface area contributed by atoms with Crippen LogP contribution >= 0.6 is 0 Å². The number of methoxy groups -OCH3 is 1. The molecular formula is C26H32F2N4O2. The number of carbonyl (C=O) groups is 1. The van der Waals surface area contributed by atoms with Gasteiger partial charge in [-0.25, -0.2) is 18.6 Å². The van der Waals surface area contributed by atoms with E-state index in [-0.39, 0.29) is 5.56 Å². The van der Waals surface area contributed by atoms with Gasteiger partial charge in [0.05, 0.1) is 18.8 Å². The average molecular weight is 471 g/mol. The number of imidazole rings is 1. The molecule has 1 atom stereocenters. The molecule has 2 aromatic carbocycles. The lowest BCUT2D eigenvalue weighted by Gasteiger charge is -2.39. The minimum Gasteiger partial charge on any atom is -0.453 e. The van der Waals surface area contributed by atoms with Crippen molar-refractivity contribution in [3.05, 3.63) is 77.8 Å². The van der Waals surface area contributed by atoms with Gasteiger partial charge < -0.3 is 15.0 Å². The second-order valence-electron chi connectivity index (χ2n) is 9.30. The summed E-state index contributed by atoms with van der Waals surface area (Å²) in [6, 6.07) is 12.5. The largest absolute Gasteiger partial charge is 0.453 e. The third-order valence-corrected chi connectivity index (χ3v) is 5.60. The maximum Gasteiger partial charge on any atom is 0.410 e. The van der Waals surface area contributed by atoms with Crippen LogP contribution in [0, 0.1) is 17.0 Å². The highest BCUT2D eigenvalue weighted by atomic mass is 19.1. The number of carbonyl (C=O) groups excluding carboxylic acids is 1. The zero-order valence-corrected chi connectivity index (χ0v) is 20.1. The summed E-state index contributed by atoms with van der Waals surface area (Å²) in [5.74, 6) is -0.572. The number of rotatable bonds is 8. The second-order valence-corrected chi connectivity index (χ2v) is 9.30. The number of hydrogen-bond acceptors (Lipinski definition) is 4. The molecule has 34 heavy (non-hydrogen) atoms. The van der Waals surface area contributed by atoms with Crippen LogP contribution in [0.5, 0.6) is 0 Å². The van der Waals surface area contributed by atoms with Gasteiger partial charge in [-0.3, -0.25) is 4.90 Å². The second kappa shape index (κ2) is 10.8. The molecule has 2 N–H and O–H groups in total. The van der Waals surface area contributed by atoms with Crippen LogP contribution < -0.4 is 5.73 Å². The van der Waals surface area contributed by atoms with E-state index >= 15 is 0 Å². The number of ether oxygens (including phenoxy) is 1. The van der Waals surface area contributed by atoms with Crippen LogP contribution in [0.25, 0.3) is 11.3 Å². The molecule has 1 heterocycles. The van der Waals surface area contributed by atoms with Gasteiger partial charge in [-0.15, -0.1) is 0 Å². The third kappa shape index (κ3) is 5.80. The first-order valence-corrected chi connectivity index (χ1v) is 11.3. The van der Waals surface area contributed by atoms with E-state index < -0.39 is 29.2 Å². The zero-order chi connectivity index (χ0) is 24.9. The Morgan fingerprint density at radius 3 is 2.50 bits per heavy atom. The Kier molecular flexibility index (Phi) is 8.04. The van der Waals surface area contributed by atoms with Crippen molar-refractivity contribution in [2.75, 3.05) is 20.2 Å². The number of nitrogens with two attached hydrogens (primary N) is 1. The molecule has 0 aliphatic heterocycles. The normalized spacial score (nSPS) is 12.4. The molecule has 6 nitrogen and oxygen atoms in total. The summed E-state index contributed by atoms with van der Waals surface area (Å²) in [5, 5.41) is 0. The highest BCUT2D eigenvalue weighted by Crippen LogP contribution is 2.39. The van der Waals surface area contributed by atoms with Crippen molar-refractivity contribution >= 4 is 6.09 Å². The number of nitrogens with zero attached hydrogens (tertiary/aromatic N) is 3. The molecule has 0 aliphatic carbocycles. The molecule has 0 spiro atoms. The van der Waals surface area contributed by atoms with Crippen LogP contribution in [-0.4, -0.2) is 40.7 Å². The van der Waals surface area contributed by atoms with Gasteiger partial charge in [0.15, 0.2) is 0 Å². The summed E-state index contributed by atoms with van der Waals surface area (Å²) in [7, 11) is 1.33. The predicted molar refractivity (Wildman–Crippen MR) is 128 cm³/mol. The fourth-order valence-corrected chi connectivity index (χ4v) is 4.08. The van der Waals surface area contributed by atoms with Crippen molar-refractivity contribution in [3.63, 3.8) is 0 Å². The minimum absolute atomic E-state index is 0.0623. The number of aromatic nitrogens is 2. The Morgan fingerprint density at radius 2 is 1.88 bits per heavy atom. The Balaban J connectivity index is 2.20. The smallest absolute Gasteiger partial charge is 0.410 e. The minimum atomic E-state index is -0.572. The van der Waals surface area contributed by atoms with Gasteiger partial charge in [0, 0.05) is 24.8 Å². The summed E-state index contributed by atoms with van der Waals surface area (Å²) >= 11 is 0. The van der Waals surface area contributed by atoms with Gasteiger partial charge in [0.1, 0.15) is 17.5 Å². The predicted octanol–water partition coefficient (Wildman–Crippen LogP) is 5.38. The quantitative estimate of drug-likeness (QED) is 0.480. The van der Waals surface area contributed by atoms with E-state index in [0.29, 0.717) is 37.6 Å². The Bertz CT molecular complexity index is 1110. The van der Waals surface area contributed by atoms with Crippen LogP contribution in [0.2, 0.25) is 0 Å². The molecule has 3 aromatic rings. The highest BCUT2D eigenvalue weighted by Gasteiger charge is 2.38. The van der Waals surface area contributed by atoms with E-state index in [9.17, 15) is 13.6 Å². The summed E-state index contributed by atoms with van der Waals surface area (Å²) in [5.41, 5.74) is 6.64. The van der Waals surface area contributed by atoms with Crippen molar-refractivity contribution < 1.29 is 18.3 Å². The van der Waals surface area contributed by atoms with Crippen molar-refractivity contribution in [1.29, 1.82) is 0 Å². The average Bonchev–Trinajstić information content (AvgIpc) is 3.19. The molecule has 8 heteroatoms. The van der Waals surface area contributed by atoms with E-state index in [1.165, 1.54) is 7.11 Å². The molecule has 0 aliphatic rings. The maximum atomic E-state index is 14.7. The van der Waals surface area contributed by atoms with Gasteiger partial charge >= 0.3 is 6.09 Å². The monoisotopic (exact) mass is 470 g/mol. The van der Waals surface area contributed by atoms with Gasteiger partial charge in [0.2, 0.25) is 0 Å². The number of hydrogen-bond donors (Lipinski definition) is 1. The van der Waals surface area contributed by atoms with Crippen molar-refractivity contribution in [2.45, 2.75) is 39.8 Å². The van der Waals surface area contributed by atoms with Crippen LogP contribution in [0.3, 0.4) is 0 Å². The summed E-state index contributed by atoms with van der Waals surface area (Å²) in [6.45, 7) is 7.22. The molecule has 0 radical (unpaired) electrons. The molecule has 0 saturated heterocycles. The van der Waals surface area contributed by atoms with E-state index in [1.54, 1.807) is 11.1 Å². The lowest BCUT2D eigenvalue weighted by atomic mass is 9.84. The van der Waals surface area contributed by atoms with Gasteiger partial charge in [-0.1, -0.05) is 51.1 Å². The van der Waals surface area contributed by atoms with Crippen molar-refractivity contribution in [1.82, 2.24) is 14.5 Å². The lowest BCUT2D eigenvalue weighted by molar-refractivity contribution is 0.0632. The maximum absolute atomic E-state index is 14.7. The molecule has 0 fully saturated rings. The summed E-state index contributed by atoms with van der Waals surface area (Å²) in [4.78, 5) is 19.2. The van der Waals surface area contributed by atoms with E-state index in [4.69, 9.17) is 15.5 Å². The lowest BCUT2D eigenvalue weighted by Crippen LogP contribution is -2.43. The van der Waals surface area contributed by atoms with Crippen molar-refractivity contribution in [2.24, 2.45) is 11.1 Å². The molecule has 1 amide bonds. The topological polar surface area (TPSA) is 73.4 Å². The summed E-state index contributed by atoms with van der Waals surface area (Å²) < 4.78 is 35.6. The summed E-state index contributed by atoms with van der Waals surface area (Å²) in [6.07, 6.45) is 1.78. The first-order chi connectivity index (χ1) is 16.2. The molecule has 3 rings (SSSR count). The molecule has 0 saturated carbocycles. The van der Waals surface area contributed by atoms with Crippen LogP contribution in [0.4, 0.5) is 13.6 Å². The number of amides is 1. The van der Waals surface area contributed by atoms with Crippen LogP contribution in [0.15, 0.2) is 54.7 Å². The van der Waals surface area contributed by atoms with E-state index in [0.717, 1.165) is 23.8 Å². The highest BCUT2D eigenvalue weighted by molar-refractivity contribution is 5.68. The van der Waals surface area contributed by atoms with Gasteiger partial charge in [-0.05, 0) is 42.1 Å². The first kappa shape index (κ1) is 25.4. The first-order valence-electron chi connectivity index (χ1n) is 11.3. The number of halogens is 2. The Morgan fingerprint density at radius 1 is 1.18 bits per heavy atom. The van der Waals surface area contributed by atoms with Crippen LogP contribution in [0.1, 0.15) is 44.6 Å². The molecule has 182 valence electrons. The van der Waals surface area contributed by atoms with E-state index in [2.05, 4.69) is 0 Å². The van der Waals surface area contributed by atoms with E-state index in [1.807, 2.05) is 55.7 Å². The van der Waals surface area contributed by atoms with Crippen molar-refractivity contribution in [3.8, 4) is 11.3 Å². The number of benzene rings is 2. The van der Waals surface area contributed by atoms with Gasteiger partial charge in [-0.2, -0.15) is 0 Å². The standard InChI is InChI=1S/C26H32F2N4O2/c1-26(2,3)23(32(14-8-13-29)25(33)34-4)24-30-22(20-15-19(27)11-12-21(20)28)17-31(24)16-18-9-6-5-7-10-18/h5-7,9-12,15,17,23H,8,13-14,16,29H2,1-4H3.